The summed E-state index contributed by atoms with van der Waals surface area (Å²) in [5, 5.41) is 5.67. The molecule has 2 fully saturated rings. The zero-order valence-corrected chi connectivity index (χ0v) is 25.8. The van der Waals surface area contributed by atoms with Crippen LogP contribution in [0.4, 0.5) is 5.82 Å². The molecule has 0 radical (unpaired) electrons. The Morgan fingerprint density at radius 3 is 2.26 bits per heavy atom. The van der Waals surface area contributed by atoms with Gasteiger partial charge in [-0.3, -0.25) is 0 Å². The van der Waals surface area contributed by atoms with E-state index in [1.54, 1.807) is 0 Å². The van der Waals surface area contributed by atoms with E-state index >= 15 is 0 Å². The van der Waals surface area contributed by atoms with Crippen molar-refractivity contribution in [2.24, 2.45) is 0 Å². The summed E-state index contributed by atoms with van der Waals surface area (Å²) in [5.74, 6) is 5.10. The number of ether oxygens (including phenoxy) is 6. The lowest BCUT2D eigenvalue weighted by Gasteiger charge is -2.40. The summed E-state index contributed by atoms with van der Waals surface area (Å²) in [6.07, 6.45) is 8.70. The molecule has 0 saturated carbocycles. The largest absolute Gasteiger partial charge is 0.491 e. The third kappa shape index (κ3) is 8.73. The van der Waals surface area contributed by atoms with Gasteiger partial charge >= 0.3 is 0 Å². The molecule has 4 heterocycles. The van der Waals surface area contributed by atoms with E-state index < -0.39 is 0 Å². The molecule has 0 spiro atoms. The van der Waals surface area contributed by atoms with Gasteiger partial charge in [-0.1, -0.05) is 18.1 Å². The zero-order chi connectivity index (χ0) is 29.9. The molecule has 0 bridgehead atoms. The number of nitrogens with zero attached hydrogens (tertiary/aromatic N) is 5. The van der Waals surface area contributed by atoms with E-state index in [2.05, 4.69) is 50.6 Å². The molecule has 5 rings (SSSR count). The summed E-state index contributed by atoms with van der Waals surface area (Å²) in [4.78, 5) is 11.2. The minimum atomic E-state index is -0.161. The second-order valence-electron chi connectivity index (χ2n) is 10.2. The maximum atomic E-state index is 6.34. The SMILES string of the molecule is C#CCOCCOCCOCCOCCOc1ccc(C2CN(c3nc(Cl)nc4c3cnn4C3CCC(CS)O3)C2)cc1. The number of fused-ring (bicyclic) bond motifs is 1. The monoisotopic (exact) mass is 631 g/mol. The summed E-state index contributed by atoms with van der Waals surface area (Å²) in [5.41, 5.74) is 1.95. The van der Waals surface area contributed by atoms with E-state index in [1.807, 2.05) is 23.0 Å². The van der Waals surface area contributed by atoms with Gasteiger partial charge in [0.1, 0.15) is 24.8 Å². The molecule has 1 aromatic carbocycles. The van der Waals surface area contributed by atoms with E-state index in [4.69, 9.17) is 46.4 Å². The lowest BCUT2D eigenvalue weighted by molar-refractivity contribution is -0.00187. The maximum absolute atomic E-state index is 6.34. The van der Waals surface area contributed by atoms with Gasteiger partial charge in [0.2, 0.25) is 5.28 Å². The van der Waals surface area contributed by atoms with Gasteiger partial charge in [-0.15, -0.1) is 6.42 Å². The third-order valence-electron chi connectivity index (χ3n) is 7.30. The molecule has 232 valence electrons. The highest BCUT2D eigenvalue weighted by atomic mass is 35.5. The number of hydrogen-bond donors (Lipinski definition) is 1. The van der Waals surface area contributed by atoms with Crippen LogP contribution in [0.2, 0.25) is 5.28 Å². The van der Waals surface area contributed by atoms with Crippen LogP contribution in [0.15, 0.2) is 30.5 Å². The standard InChI is InChI=1S/C30H38ClN5O6S/c1-2-9-37-10-11-38-12-13-39-14-15-40-16-17-41-24-5-3-22(4-6-24)23-19-35(20-23)28-26-18-32-36(29(26)34-30(31)33-28)27-8-7-25(21-43)42-27/h1,3-6,18,23,25,27,43H,7-17,19-21H2. The molecule has 0 aliphatic carbocycles. The molecule has 11 nitrogen and oxygen atoms in total. The number of thiol groups is 1. The maximum Gasteiger partial charge on any atom is 0.226 e. The molecule has 3 aromatic rings. The van der Waals surface area contributed by atoms with Gasteiger partial charge in [0.15, 0.2) is 11.9 Å². The number of halogens is 1. The van der Waals surface area contributed by atoms with Crippen molar-refractivity contribution in [3.63, 3.8) is 0 Å². The van der Waals surface area contributed by atoms with Crippen LogP contribution in [-0.4, -0.2) is 104 Å². The van der Waals surface area contributed by atoms with Crippen molar-refractivity contribution in [2.45, 2.75) is 31.1 Å². The lowest BCUT2D eigenvalue weighted by atomic mass is 9.91. The average molecular weight is 632 g/mol. The van der Waals surface area contributed by atoms with Crippen molar-refractivity contribution in [2.75, 3.05) is 83.2 Å². The van der Waals surface area contributed by atoms with Gasteiger partial charge < -0.3 is 33.3 Å². The molecule has 2 aromatic heterocycles. The van der Waals surface area contributed by atoms with Crippen LogP contribution in [-0.2, 0) is 23.7 Å². The number of aromatic nitrogens is 4. The molecular weight excluding hydrogens is 594 g/mol. The topological polar surface area (TPSA) is 102 Å². The van der Waals surface area contributed by atoms with E-state index in [0.717, 1.165) is 42.9 Å². The molecule has 13 heteroatoms. The summed E-state index contributed by atoms with van der Waals surface area (Å²) in [6, 6.07) is 8.24. The lowest BCUT2D eigenvalue weighted by Crippen LogP contribution is -2.45. The normalized spacial score (nSPS) is 18.7. The van der Waals surface area contributed by atoms with E-state index in [9.17, 15) is 0 Å². The van der Waals surface area contributed by atoms with Crippen LogP contribution >= 0.6 is 24.2 Å². The highest BCUT2D eigenvalue weighted by Crippen LogP contribution is 2.37. The Morgan fingerprint density at radius 2 is 1.60 bits per heavy atom. The van der Waals surface area contributed by atoms with Crippen molar-refractivity contribution in [3.05, 3.63) is 41.3 Å². The molecule has 2 atom stereocenters. The Balaban J connectivity index is 0.988. The molecular formula is C30H38ClN5O6S. The first-order chi connectivity index (χ1) is 21.2. The van der Waals surface area contributed by atoms with Crippen molar-refractivity contribution < 1.29 is 28.4 Å². The molecule has 2 aliphatic rings. The predicted octanol–water partition coefficient (Wildman–Crippen LogP) is 3.77. The Bertz CT molecular complexity index is 1330. The minimum absolute atomic E-state index is 0.129. The quantitative estimate of drug-likeness (QED) is 0.0966. The smallest absolute Gasteiger partial charge is 0.226 e. The van der Waals surface area contributed by atoms with Crippen LogP contribution in [0.3, 0.4) is 0 Å². The summed E-state index contributed by atoms with van der Waals surface area (Å²) in [6.45, 7) is 5.94. The summed E-state index contributed by atoms with van der Waals surface area (Å²) >= 11 is 10.7. The molecule has 0 N–H and O–H groups in total. The molecule has 43 heavy (non-hydrogen) atoms. The fraction of sp³-hybridized carbons (Fsp3) is 0.567. The van der Waals surface area contributed by atoms with Gasteiger partial charge in [-0.05, 0) is 42.1 Å². The van der Waals surface area contributed by atoms with Crippen LogP contribution in [0.25, 0.3) is 11.0 Å². The first-order valence-corrected chi connectivity index (χ1v) is 15.6. The molecule has 2 saturated heterocycles. The highest BCUT2D eigenvalue weighted by molar-refractivity contribution is 7.80. The van der Waals surface area contributed by atoms with Gasteiger partial charge in [-0.25, -0.2) is 4.68 Å². The summed E-state index contributed by atoms with van der Waals surface area (Å²) < 4.78 is 35.3. The second-order valence-corrected chi connectivity index (χ2v) is 10.9. The first-order valence-electron chi connectivity index (χ1n) is 14.6. The predicted molar refractivity (Wildman–Crippen MR) is 166 cm³/mol. The van der Waals surface area contributed by atoms with Crippen molar-refractivity contribution >= 4 is 41.1 Å². The Labute approximate surface area is 262 Å². The van der Waals surface area contributed by atoms with E-state index in [-0.39, 0.29) is 17.6 Å². The van der Waals surface area contributed by atoms with Crippen LogP contribution in [0.1, 0.15) is 30.6 Å². The van der Waals surface area contributed by atoms with Crippen LogP contribution < -0.4 is 9.64 Å². The highest BCUT2D eigenvalue weighted by Gasteiger charge is 2.33. The van der Waals surface area contributed by atoms with Crippen molar-refractivity contribution in [1.29, 1.82) is 0 Å². The van der Waals surface area contributed by atoms with Gasteiger partial charge in [0, 0.05) is 24.8 Å². The van der Waals surface area contributed by atoms with E-state index in [1.165, 1.54) is 5.56 Å². The number of benzene rings is 1. The van der Waals surface area contributed by atoms with Crippen LogP contribution in [0.5, 0.6) is 5.75 Å². The molecule has 2 unspecified atom stereocenters. The summed E-state index contributed by atoms with van der Waals surface area (Å²) in [7, 11) is 0. The Kier molecular flexibility index (Phi) is 12.2. The van der Waals surface area contributed by atoms with Gasteiger partial charge in [-0.2, -0.15) is 27.7 Å². The van der Waals surface area contributed by atoms with Gasteiger partial charge in [0.05, 0.1) is 63.9 Å². The van der Waals surface area contributed by atoms with Gasteiger partial charge in [0.25, 0.3) is 0 Å². The zero-order valence-electron chi connectivity index (χ0n) is 24.1. The minimum Gasteiger partial charge on any atom is -0.491 e. The van der Waals surface area contributed by atoms with E-state index in [0.29, 0.717) is 76.8 Å². The Hall–Kier alpha value is -2.63. The van der Waals surface area contributed by atoms with Crippen LogP contribution in [0, 0.1) is 12.3 Å². The number of hydrogen-bond acceptors (Lipinski definition) is 11. The average Bonchev–Trinajstić information content (AvgIpc) is 3.64. The number of rotatable bonds is 18. The Morgan fingerprint density at radius 1 is 0.930 bits per heavy atom. The first kappa shape index (κ1) is 31.8. The second kappa shape index (κ2) is 16.4. The molecule has 0 amide bonds. The fourth-order valence-electron chi connectivity index (χ4n) is 5.05. The number of terminal acetylenes is 1. The van der Waals surface area contributed by atoms with Crippen molar-refractivity contribution in [3.8, 4) is 18.1 Å². The fourth-order valence-corrected chi connectivity index (χ4v) is 5.47. The molecule has 2 aliphatic heterocycles. The van der Waals surface area contributed by atoms with Crippen molar-refractivity contribution in [1.82, 2.24) is 19.7 Å². The number of anilines is 1. The third-order valence-corrected chi connectivity index (χ3v) is 7.87.